The lowest BCUT2D eigenvalue weighted by molar-refractivity contribution is -0.137. The fourth-order valence-electron chi connectivity index (χ4n) is 3.18. The summed E-state index contributed by atoms with van der Waals surface area (Å²) in [5, 5.41) is 4.73. The molecule has 0 aliphatic heterocycles. The minimum atomic E-state index is -4.59. The van der Waals surface area contributed by atoms with Gasteiger partial charge < -0.3 is 4.57 Å². The first-order valence-corrected chi connectivity index (χ1v) is 8.78. The molecule has 3 aromatic heterocycles. The van der Waals surface area contributed by atoms with Crippen LogP contribution in [-0.2, 0) is 19.8 Å². The van der Waals surface area contributed by atoms with E-state index in [4.69, 9.17) is 0 Å². The molecule has 0 spiro atoms. The second-order valence-electron chi connectivity index (χ2n) is 6.30. The summed E-state index contributed by atoms with van der Waals surface area (Å²) in [6.45, 7) is 1.57. The lowest BCUT2D eigenvalue weighted by atomic mass is 10.1. The highest BCUT2D eigenvalue weighted by Gasteiger charge is 2.31. The van der Waals surface area contributed by atoms with Crippen LogP contribution in [0.2, 0.25) is 0 Å². The number of benzene rings is 1. The topological polar surface area (TPSA) is 39.8 Å². The van der Waals surface area contributed by atoms with Crippen LogP contribution < -0.4 is 5.56 Å². The van der Waals surface area contributed by atoms with Gasteiger partial charge in [0.25, 0.3) is 5.56 Å². The zero-order valence-corrected chi connectivity index (χ0v) is 15.1. The quantitative estimate of drug-likeness (QED) is 0.470. The Labute approximate surface area is 154 Å². The van der Waals surface area contributed by atoms with E-state index in [-0.39, 0.29) is 12.1 Å². The molecule has 0 atom stereocenters. The highest BCUT2D eigenvalue weighted by Crippen LogP contribution is 2.33. The van der Waals surface area contributed by atoms with Crippen LogP contribution in [0, 0.1) is 12.7 Å². The van der Waals surface area contributed by atoms with Gasteiger partial charge in [-0.15, -0.1) is 11.3 Å². The van der Waals surface area contributed by atoms with E-state index in [0.29, 0.717) is 23.0 Å². The third-order valence-electron chi connectivity index (χ3n) is 4.49. The van der Waals surface area contributed by atoms with Crippen molar-refractivity contribution >= 4 is 32.5 Å². The first-order valence-electron chi connectivity index (χ1n) is 7.97. The predicted molar refractivity (Wildman–Crippen MR) is 95.6 cm³/mol. The minimum absolute atomic E-state index is 0.245. The number of halogens is 4. The third kappa shape index (κ3) is 2.82. The van der Waals surface area contributed by atoms with E-state index in [1.807, 2.05) is 13.0 Å². The smallest absolute Gasteiger partial charge is 0.338 e. The van der Waals surface area contributed by atoms with E-state index in [0.717, 1.165) is 25.8 Å². The van der Waals surface area contributed by atoms with Gasteiger partial charge in [0.05, 0.1) is 28.5 Å². The van der Waals surface area contributed by atoms with Gasteiger partial charge in [0, 0.05) is 22.9 Å². The molecule has 9 heteroatoms. The average Bonchev–Trinajstić information content (AvgIpc) is 3.08. The molecule has 27 heavy (non-hydrogen) atoms. The Morgan fingerprint density at radius 1 is 1.22 bits per heavy atom. The molecule has 0 aliphatic rings. The second kappa shape index (κ2) is 5.91. The molecule has 0 fully saturated rings. The lowest BCUT2D eigenvalue weighted by Crippen LogP contribution is -2.25. The number of alkyl halides is 3. The fourth-order valence-corrected chi connectivity index (χ4v) is 4.23. The Balaban J connectivity index is 1.85. The summed E-state index contributed by atoms with van der Waals surface area (Å²) >= 11 is 1.53. The number of aromatic nitrogens is 3. The Bertz CT molecular complexity index is 1250. The lowest BCUT2D eigenvalue weighted by Gasteiger charge is -2.11. The summed E-state index contributed by atoms with van der Waals surface area (Å²) in [5.41, 5.74) is -0.422. The van der Waals surface area contributed by atoms with Gasteiger partial charge in [-0.1, -0.05) is 0 Å². The Morgan fingerprint density at radius 2 is 1.96 bits per heavy atom. The largest absolute Gasteiger partial charge is 0.416 e. The molecule has 0 radical (unpaired) electrons. The highest BCUT2D eigenvalue weighted by atomic mass is 32.1. The monoisotopic (exact) mass is 395 g/mol. The maximum Gasteiger partial charge on any atom is 0.416 e. The average molecular weight is 395 g/mol. The molecular formula is C18H13F4N3OS. The summed E-state index contributed by atoms with van der Waals surface area (Å²) in [6, 6.07) is 4.09. The van der Waals surface area contributed by atoms with Crippen LogP contribution in [0.4, 0.5) is 17.6 Å². The Hall–Kier alpha value is -2.68. The summed E-state index contributed by atoms with van der Waals surface area (Å²) < 4.78 is 56.3. The third-order valence-corrected chi connectivity index (χ3v) is 5.56. The van der Waals surface area contributed by atoms with Crippen molar-refractivity contribution < 1.29 is 17.6 Å². The zero-order valence-electron chi connectivity index (χ0n) is 14.3. The molecule has 0 unspecified atom stereocenters. The van der Waals surface area contributed by atoms with E-state index >= 15 is 0 Å². The highest BCUT2D eigenvalue weighted by molar-refractivity contribution is 7.20. The molecule has 0 saturated heterocycles. The van der Waals surface area contributed by atoms with Gasteiger partial charge in [-0.3, -0.25) is 4.79 Å². The second-order valence-corrected chi connectivity index (χ2v) is 7.56. The molecule has 140 valence electrons. The number of thiophene rings is 1. The van der Waals surface area contributed by atoms with E-state index in [2.05, 4.69) is 5.10 Å². The molecule has 0 amide bonds. The van der Waals surface area contributed by atoms with Gasteiger partial charge in [-0.25, -0.2) is 9.07 Å². The Morgan fingerprint density at radius 3 is 2.67 bits per heavy atom. The molecule has 0 bridgehead atoms. The van der Waals surface area contributed by atoms with Crippen LogP contribution in [0.1, 0.15) is 16.0 Å². The Kier molecular flexibility index (Phi) is 3.88. The van der Waals surface area contributed by atoms with Crippen molar-refractivity contribution in [3.63, 3.8) is 0 Å². The van der Waals surface area contributed by atoms with Crippen molar-refractivity contribution in [1.82, 2.24) is 14.3 Å². The first kappa shape index (κ1) is 17.7. The van der Waals surface area contributed by atoms with Crippen LogP contribution in [0.5, 0.6) is 0 Å². The van der Waals surface area contributed by atoms with Gasteiger partial charge in [-0.05, 0) is 31.2 Å². The molecule has 4 rings (SSSR count). The van der Waals surface area contributed by atoms with E-state index in [1.54, 1.807) is 11.6 Å². The molecule has 0 saturated carbocycles. The number of hydrogen-bond acceptors (Lipinski definition) is 3. The summed E-state index contributed by atoms with van der Waals surface area (Å²) in [6.07, 6.45) is -3.09. The van der Waals surface area contributed by atoms with Crippen molar-refractivity contribution in [3.05, 3.63) is 62.6 Å². The van der Waals surface area contributed by atoms with Crippen LogP contribution in [0.25, 0.3) is 21.1 Å². The van der Waals surface area contributed by atoms with Crippen LogP contribution >= 0.6 is 11.3 Å². The van der Waals surface area contributed by atoms with E-state index in [1.165, 1.54) is 17.5 Å². The van der Waals surface area contributed by atoms with Gasteiger partial charge in [0.15, 0.2) is 0 Å². The summed E-state index contributed by atoms with van der Waals surface area (Å²) in [4.78, 5) is 13.9. The van der Waals surface area contributed by atoms with Gasteiger partial charge in [0.2, 0.25) is 0 Å². The van der Waals surface area contributed by atoms with Crippen LogP contribution in [0.15, 0.2) is 35.3 Å². The SMILES string of the molecule is Cc1cc2c(s1)c1cnn(Cc3cc(C(F)(F)F)ccc3F)c(=O)c1n2C. The number of nitrogens with zero attached hydrogens (tertiary/aromatic N) is 3. The normalized spacial score (nSPS) is 12.4. The summed E-state index contributed by atoms with van der Waals surface area (Å²) in [5.74, 6) is -0.819. The van der Waals surface area contributed by atoms with E-state index < -0.39 is 23.1 Å². The van der Waals surface area contributed by atoms with Gasteiger partial charge >= 0.3 is 6.18 Å². The maximum atomic E-state index is 14.0. The fraction of sp³-hybridized carbons (Fsp3) is 0.222. The zero-order chi connectivity index (χ0) is 19.5. The van der Waals surface area contributed by atoms with Crippen LogP contribution in [0.3, 0.4) is 0 Å². The molecule has 1 aromatic carbocycles. The molecule has 4 aromatic rings. The van der Waals surface area contributed by atoms with Crippen molar-refractivity contribution in [2.45, 2.75) is 19.6 Å². The van der Waals surface area contributed by atoms with Crippen LogP contribution in [-0.4, -0.2) is 14.3 Å². The standard InChI is InChI=1S/C18H13F4N3OS/c1-9-5-14-16(27-9)12-7-23-25(17(26)15(12)24(14)2)8-10-6-11(18(20,21)22)3-4-13(10)19/h3-7H,8H2,1-2H3. The van der Waals surface area contributed by atoms with Crippen molar-refractivity contribution in [1.29, 1.82) is 0 Å². The predicted octanol–water partition coefficient (Wildman–Crippen LogP) is 4.46. The molecule has 0 N–H and O–H groups in total. The number of hydrogen-bond donors (Lipinski definition) is 0. The molecule has 4 nitrogen and oxygen atoms in total. The molecule has 3 heterocycles. The minimum Gasteiger partial charge on any atom is -0.338 e. The van der Waals surface area contributed by atoms with Gasteiger partial charge in [-0.2, -0.15) is 18.3 Å². The number of rotatable bonds is 2. The van der Waals surface area contributed by atoms with Gasteiger partial charge in [0.1, 0.15) is 11.3 Å². The van der Waals surface area contributed by atoms with E-state index in [9.17, 15) is 22.4 Å². The molecule has 0 aliphatic carbocycles. The maximum absolute atomic E-state index is 14.0. The first-order chi connectivity index (χ1) is 12.7. The number of fused-ring (bicyclic) bond motifs is 3. The van der Waals surface area contributed by atoms with Crippen molar-refractivity contribution in [2.75, 3.05) is 0 Å². The summed E-state index contributed by atoms with van der Waals surface area (Å²) in [7, 11) is 1.74. The van der Waals surface area contributed by atoms with Crippen molar-refractivity contribution in [2.24, 2.45) is 7.05 Å². The molecular weight excluding hydrogens is 382 g/mol. The van der Waals surface area contributed by atoms with Crippen molar-refractivity contribution in [3.8, 4) is 0 Å². The number of aryl methyl sites for hydroxylation is 2.